The van der Waals surface area contributed by atoms with Crippen molar-refractivity contribution in [2.45, 2.75) is 20.5 Å². The number of carbonyl (C=O) groups is 2. The van der Waals surface area contributed by atoms with E-state index in [4.69, 9.17) is 14.7 Å². The number of carbonyl (C=O) groups excluding carboxylic acids is 2. The number of nitriles is 1. The molecule has 0 bridgehead atoms. The Labute approximate surface area is 249 Å². The van der Waals surface area contributed by atoms with Crippen LogP contribution in [0.25, 0.3) is 0 Å². The van der Waals surface area contributed by atoms with Crippen LogP contribution >= 0.6 is 45.2 Å². The van der Waals surface area contributed by atoms with Gasteiger partial charge in [-0.3, -0.25) is 9.59 Å². The molecule has 0 saturated carbocycles. The first kappa shape index (κ1) is 29.4. The summed E-state index contributed by atoms with van der Waals surface area (Å²) >= 11 is 4.38. The van der Waals surface area contributed by atoms with Crippen LogP contribution in [0.2, 0.25) is 0 Å². The average molecular weight is 736 g/mol. The lowest BCUT2D eigenvalue weighted by Crippen LogP contribution is -2.39. The van der Waals surface area contributed by atoms with Gasteiger partial charge >= 0.3 is 0 Å². The van der Waals surface area contributed by atoms with Crippen molar-refractivity contribution in [2.24, 2.45) is 16.9 Å². The summed E-state index contributed by atoms with van der Waals surface area (Å²) < 4.78 is 12.9. The highest BCUT2D eigenvalue weighted by atomic mass is 127. The van der Waals surface area contributed by atoms with Crippen molar-refractivity contribution >= 4 is 68.9 Å². The van der Waals surface area contributed by atoms with Crippen molar-refractivity contribution in [3.8, 4) is 17.6 Å². The molecule has 38 heavy (non-hydrogen) atoms. The molecule has 0 heterocycles. The Balaban J connectivity index is 1.61. The third-order valence-electron chi connectivity index (χ3n) is 5.46. The highest BCUT2D eigenvalue weighted by Crippen LogP contribution is 2.29. The minimum Gasteiger partial charge on any atom is -0.497 e. The minimum absolute atomic E-state index is 0.238. The zero-order valence-electron chi connectivity index (χ0n) is 21.0. The maximum atomic E-state index is 12.8. The average Bonchev–Trinajstić information content (AvgIpc) is 2.89. The molecule has 8 nitrogen and oxygen atoms in total. The third-order valence-corrected chi connectivity index (χ3v) is 7.07. The lowest BCUT2D eigenvalue weighted by atomic mass is 9.94. The van der Waals surface area contributed by atoms with Gasteiger partial charge in [-0.1, -0.05) is 26.0 Å². The molecule has 0 radical (unpaired) electrons. The zero-order valence-corrected chi connectivity index (χ0v) is 25.3. The summed E-state index contributed by atoms with van der Waals surface area (Å²) in [6.07, 6.45) is 1.53. The van der Waals surface area contributed by atoms with E-state index < -0.39 is 17.7 Å². The maximum absolute atomic E-state index is 12.8. The van der Waals surface area contributed by atoms with E-state index in [1.54, 1.807) is 43.5 Å². The number of benzene rings is 3. The van der Waals surface area contributed by atoms with Crippen LogP contribution in [0.5, 0.6) is 11.5 Å². The van der Waals surface area contributed by atoms with Gasteiger partial charge in [0.15, 0.2) is 0 Å². The lowest BCUT2D eigenvalue weighted by molar-refractivity contribution is -0.134. The van der Waals surface area contributed by atoms with E-state index in [2.05, 4.69) is 67.1 Å². The Hall–Kier alpha value is -3.18. The summed E-state index contributed by atoms with van der Waals surface area (Å²) in [6.45, 7) is 3.99. The molecule has 10 heteroatoms. The van der Waals surface area contributed by atoms with Crippen LogP contribution in [-0.4, -0.2) is 25.1 Å². The zero-order chi connectivity index (χ0) is 27.7. The van der Waals surface area contributed by atoms with E-state index in [-0.39, 0.29) is 5.92 Å². The van der Waals surface area contributed by atoms with Crippen LogP contribution in [0.1, 0.15) is 30.5 Å². The molecule has 2 amide bonds. The van der Waals surface area contributed by atoms with Crippen molar-refractivity contribution in [3.63, 3.8) is 0 Å². The normalized spacial score (nSPS) is 11.6. The van der Waals surface area contributed by atoms with Gasteiger partial charge in [0.2, 0.25) is 5.91 Å². The van der Waals surface area contributed by atoms with Crippen LogP contribution in [0.15, 0.2) is 65.8 Å². The van der Waals surface area contributed by atoms with Gasteiger partial charge in [-0.2, -0.15) is 10.4 Å². The lowest BCUT2D eigenvalue weighted by Gasteiger charge is -2.18. The van der Waals surface area contributed by atoms with Crippen molar-refractivity contribution in [2.75, 3.05) is 12.4 Å². The van der Waals surface area contributed by atoms with Crippen molar-refractivity contribution in [1.29, 1.82) is 5.26 Å². The predicted molar refractivity (Wildman–Crippen MR) is 163 cm³/mol. The van der Waals surface area contributed by atoms with Gasteiger partial charge in [0.05, 0.1) is 32.1 Å². The summed E-state index contributed by atoms with van der Waals surface area (Å²) in [5.41, 5.74) is 5.40. The summed E-state index contributed by atoms with van der Waals surface area (Å²) in [5, 5.41) is 15.8. The maximum Gasteiger partial charge on any atom is 0.252 e. The molecule has 0 aliphatic heterocycles. The van der Waals surface area contributed by atoms with Crippen molar-refractivity contribution in [3.05, 3.63) is 84.5 Å². The number of hydrogen-bond acceptors (Lipinski definition) is 6. The second-order valence-corrected chi connectivity index (χ2v) is 10.9. The number of hydrazone groups is 1. The number of hydrogen-bond donors (Lipinski definition) is 2. The second-order valence-electron chi connectivity index (χ2n) is 8.58. The molecular weight excluding hydrogens is 710 g/mol. The van der Waals surface area contributed by atoms with E-state index in [1.807, 2.05) is 38.1 Å². The van der Waals surface area contributed by atoms with Crippen LogP contribution in [0.4, 0.5) is 5.69 Å². The number of methoxy groups -OCH3 is 1. The van der Waals surface area contributed by atoms with Gasteiger partial charge in [-0.15, -0.1) is 0 Å². The largest absolute Gasteiger partial charge is 0.497 e. The highest BCUT2D eigenvalue weighted by molar-refractivity contribution is 14.1. The summed E-state index contributed by atoms with van der Waals surface area (Å²) in [7, 11) is 1.57. The summed E-state index contributed by atoms with van der Waals surface area (Å²) in [5.74, 6) is -0.650. The fourth-order valence-electron chi connectivity index (χ4n) is 3.48. The van der Waals surface area contributed by atoms with E-state index in [1.165, 1.54) is 6.21 Å². The number of halogens is 2. The number of rotatable bonds is 10. The molecule has 3 aromatic carbocycles. The first-order valence-corrected chi connectivity index (χ1v) is 13.8. The van der Waals surface area contributed by atoms with Crippen LogP contribution in [0, 0.1) is 30.3 Å². The highest BCUT2D eigenvalue weighted by Gasteiger charge is 2.30. The quantitative estimate of drug-likeness (QED) is 0.120. The fraction of sp³-hybridized carbons (Fsp3) is 0.214. The number of anilines is 1. The number of amides is 2. The Morgan fingerprint density at radius 1 is 1.03 bits per heavy atom. The molecule has 3 rings (SSSR count). The fourth-order valence-corrected chi connectivity index (χ4v) is 5.61. The first-order valence-electron chi connectivity index (χ1n) is 11.6. The number of ether oxygens (including phenoxy) is 2. The Bertz CT molecular complexity index is 1330. The molecule has 2 N–H and O–H groups in total. The topological polar surface area (TPSA) is 113 Å². The Kier molecular flexibility index (Phi) is 10.9. The monoisotopic (exact) mass is 736 g/mol. The molecule has 0 saturated heterocycles. The Morgan fingerprint density at radius 3 is 2.21 bits per heavy atom. The van der Waals surface area contributed by atoms with Gasteiger partial charge < -0.3 is 14.8 Å². The predicted octanol–water partition coefficient (Wildman–Crippen LogP) is 5.72. The number of nitrogens with zero attached hydrogens (tertiary/aromatic N) is 2. The van der Waals surface area contributed by atoms with Gasteiger partial charge in [-0.05, 0) is 111 Å². The van der Waals surface area contributed by atoms with E-state index in [0.29, 0.717) is 23.6 Å². The molecule has 196 valence electrons. The third kappa shape index (κ3) is 8.16. The van der Waals surface area contributed by atoms with E-state index >= 15 is 0 Å². The standard InChI is InChI=1S/C28H26I2N4O4/c1-17(2)25(27(35)33-21-8-10-22(37-3)11-9-21)28(36)34-32-15-20-12-23(29)26(24(30)13-20)38-16-19-6-4-18(14-31)5-7-19/h4-13,15,17,25H,16H2,1-3H3,(H,33,35)(H,34,36). The van der Waals surface area contributed by atoms with Crippen molar-refractivity contribution in [1.82, 2.24) is 5.43 Å². The Morgan fingerprint density at radius 2 is 1.66 bits per heavy atom. The smallest absolute Gasteiger partial charge is 0.252 e. The van der Waals surface area contributed by atoms with Crippen molar-refractivity contribution < 1.29 is 19.1 Å². The van der Waals surface area contributed by atoms with E-state index in [9.17, 15) is 9.59 Å². The summed E-state index contributed by atoms with van der Waals surface area (Å²) in [4.78, 5) is 25.6. The first-order chi connectivity index (χ1) is 18.2. The molecule has 0 spiro atoms. The molecule has 1 atom stereocenters. The van der Waals surface area contributed by atoms with Gasteiger partial charge in [0.1, 0.15) is 24.0 Å². The molecule has 1 unspecified atom stereocenters. The molecule has 0 aliphatic rings. The SMILES string of the molecule is COc1ccc(NC(=O)C(C(=O)NN=Cc2cc(I)c(OCc3ccc(C#N)cc3)c(I)c2)C(C)C)cc1. The number of nitrogens with one attached hydrogen (secondary N) is 2. The molecule has 0 aliphatic carbocycles. The minimum atomic E-state index is -0.924. The molecule has 0 fully saturated rings. The second kappa shape index (κ2) is 14.1. The molecular formula is C28H26I2N4O4. The molecule has 3 aromatic rings. The summed E-state index contributed by atoms with van der Waals surface area (Å²) in [6, 6.07) is 20.0. The van der Waals surface area contributed by atoms with Gasteiger partial charge in [-0.25, -0.2) is 5.43 Å². The van der Waals surface area contributed by atoms with Crippen LogP contribution in [0.3, 0.4) is 0 Å². The van der Waals surface area contributed by atoms with Crippen LogP contribution < -0.4 is 20.2 Å². The van der Waals surface area contributed by atoms with E-state index in [0.717, 1.165) is 24.0 Å². The molecule has 0 aromatic heterocycles. The van der Waals surface area contributed by atoms with Gasteiger partial charge in [0, 0.05) is 5.69 Å². The van der Waals surface area contributed by atoms with Gasteiger partial charge in [0.25, 0.3) is 5.91 Å². The van der Waals surface area contributed by atoms with Crippen LogP contribution in [-0.2, 0) is 16.2 Å².